The van der Waals surface area contributed by atoms with Crippen molar-refractivity contribution in [2.75, 3.05) is 20.3 Å². The van der Waals surface area contributed by atoms with Gasteiger partial charge in [-0.25, -0.2) is 0 Å². The number of aliphatic hydroxyl groups is 1. The third-order valence-electron chi connectivity index (χ3n) is 6.23. The van der Waals surface area contributed by atoms with E-state index in [9.17, 15) is 14.7 Å². The molecular weight excluding hydrogens is 442 g/mol. The number of carbonyl (C=O) groups excluding carboxylic acids is 2. The molecule has 2 N–H and O–H groups in total. The van der Waals surface area contributed by atoms with Crippen LogP contribution in [-0.4, -0.2) is 53.8 Å². The van der Waals surface area contributed by atoms with Crippen LogP contribution in [0.2, 0.25) is 0 Å². The molecule has 3 aromatic rings. The Balaban J connectivity index is 1.55. The maximum absolute atomic E-state index is 13.5. The highest BCUT2D eigenvalue weighted by Crippen LogP contribution is 2.25. The van der Waals surface area contributed by atoms with E-state index < -0.39 is 12.1 Å². The first kappa shape index (κ1) is 24.2. The van der Waals surface area contributed by atoms with Crippen LogP contribution in [-0.2, 0) is 9.63 Å². The highest BCUT2D eigenvalue weighted by Gasteiger charge is 2.39. The lowest BCUT2D eigenvalue weighted by molar-refractivity contribution is -0.125. The molecule has 1 aliphatic rings. The molecule has 0 aliphatic carbocycles. The number of oxime groups is 1. The Morgan fingerprint density at radius 2 is 1.74 bits per heavy atom. The molecule has 4 rings (SSSR count). The SMILES string of the molecule is CON=C1C[C@@H](C(=O)N[C@@H](CO)c2ccccc2)N(C(=O)c2ccc(-c3ccccc3C)cc2)C1. The largest absolute Gasteiger partial charge is 0.399 e. The third-order valence-corrected chi connectivity index (χ3v) is 6.23. The van der Waals surface area contributed by atoms with Gasteiger partial charge in [0.25, 0.3) is 5.91 Å². The molecule has 2 atom stereocenters. The minimum atomic E-state index is -0.759. The number of nitrogens with zero attached hydrogens (tertiary/aromatic N) is 2. The van der Waals surface area contributed by atoms with Gasteiger partial charge < -0.3 is 20.2 Å². The Morgan fingerprint density at radius 3 is 2.40 bits per heavy atom. The van der Waals surface area contributed by atoms with Gasteiger partial charge >= 0.3 is 0 Å². The van der Waals surface area contributed by atoms with E-state index in [0.717, 1.165) is 22.3 Å². The summed E-state index contributed by atoms with van der Waals surface area (Å²) in [4.78, 5) is 33.1. The Morgan fingerprint density at radius 1 is 1.06 bits per heavy atom. The van der Waals surface area contributed by atoms with Crippen LogP contribution in [0.15, 0.2) is 84.0 Å². The molecule has 1 aliphatic heterocycles. The van der Waals surface area contributed by atoms with E-state index in [1.165, 1.54) is 12.0 Å². The summed E-state index contributed by atoms with van der Waals surface area (Å²) in [5, 5.41) is 16.7. The van der Waals surface area contributed by atoms with Gasteiger partial charge in [-0.3, -0.25) is 9.59 Å². The van der Waals surface area contributed by atoms with E-state index in [4.69, 9.17) is 4.84 Å². The van der Waals surface area contributed by atoms with E-state index in [0.29, 0.717) is 11.3 Å². The zero-order valence-electron chi connectivity index (χ0n) is 19.8. The summed E-state index contributed by atoms with van der Waals surface area (Å²) in [5.74, 6) is -0.609. The van der Waals surface area contributed by atoms with Gasteiger partial charge in [-0.15, -0.1) is 0 Å². The average Bonchev–Trinajstić information content (AvgIpc) is 3.32. The number of hydrogen-bond acceptors (Lipinski definition) is 5. The Labute approximate surface area is 205 Å². The molecule has 2 amide bonds. The maximum Gasteiger partial charge on any atom is 0.254 e. The smallest absolute Gasteiger partial charge is 0.254 e. The van der Waals surface area contributed by atoms with E-state index in [2.05, 4.69) is 10.5 Å². The van der Waals surface area contributed by atoms with Gasteiger partial charge in [0.05, 0.1) is 24.9 Å². The van der Waals surface area contributed by atoms with Crippen molar-refractivity contribution < 1.29 is 19.5 Å². The van der Waals surface area contributed by atoms with Gasteiger partial charge in [0.2, 0.25) is 5.91 Å². The van der Waals surface area contributed by atoms with Crippen LogP contribution >= 0.6 is 0 Å². The zero-order valence-corrected chi connectivity index (χ0v) is 19.8. The van der Waals surface area contributed by atoms with Crippen LogP contribution in [0.4, 0.5) is 0 Å². The van der Waals surface area contributed by atoms with Crippen molar-refractivity contribution in [3.05, 3.63) is 95.6 Å². The molecule has 1 heterocycles. The van der Waals surface area contributed by atoms with Crippen LogP contribution in [0.3, 0.4) is 0 Å². The second-order valence-corrected chi connectivity index (χ2v) is 8.54. The van der Waals surface area contributed by atoms with E-state index in [1.807, 2.05) is 73.7 Å². The normalized spacial score (nSPS) is 17.3. The van der Waals surface area contributed by atoms with Gasteiger partial charge in [-0.05, 0) is 41.3 Å². The number of nitrogens with one attached hydrogen (secondary N) is 1. The third kappa shape index (κ3) is 5.41. The van der Waals surface area contributed by atoms with E-state index >= 15 is 0 Å². The minimum absolute atomic E-state index is 0.194. The summed E-state index contributed by atoms with van der Waals surface area (Å²) >= 11 is 0. The van der Waals surface area contributed by atoms with Gasteiger partial charge in [0.1, 0.15) is 13.2 Å². The maximum atomic E-state index is 13.5. The fourth-order valence-electron chi connectivity index (χ4n) is 4.39. The molecule has 7 nitrogen and oxygen atoms in total. The summed E-state index contributed by atoms with van der Waals surface area (Å²) in [6.07, 6.45) is 0.264. The Hall–Kier alpha value is -3.97. The van der Waals surface area contributed by atoms with Crippen molar-refractivity contribution in [1.29, 1.82) is 0 Å². The van der Waals surface area contributed by atoms with Crippen LogP contribution in [0.25, 0.3) is 11.1 Å². The topological polar surface area (TPSA) is 91.2 Å². The molecule has 0 saturated carbocycles. The number of rotatable bonds is 7. The number of amides is 2. The van der Waals surface area contributed by atoms with Crippen LogP contribution in [0.5, 0.6) is 0 Å². The van der Waals surface area contributed by atoms with E-state index in [-0.39, 0.29) is 31.4 Å². The molecule has 180 valence electrons. The predicted octanol–water partition coefficient (Wildman–Crippen LogP) is 3.73. The standard InChI is InChI=1S/C28H29N3O4/c1-19-8-6-7-11-24(19)20-12-14-22(15-13-20)28(34)31-17-23(30-35-2)16-26(31)27(33)29-25(18-32)21-9-4-3-5-10-21/h3-15,25-26,32H,16-18H2,1-2H3,(H,29,33)/t25-,26-/m0/s1. The molecule has 3 aromatic carbocycles. The van der Waals surface area contributed by atoms with Gasteiger partial charge in [-0.1, -0.05) is 71.9 Å². The van der Waals surface area contributed by atoms with E-state index in [1.54, 1.807) is 12.1 Å². The number of aliphatic hydroxyl groups excluding tert-OH is 1. The summed E-state index contributed by atoms with van der Waals surface area (Å²) in [7, 11) is 1.44. The summed E-state index contributed by atoms with van der Waals surface area (Å²) in [5.41, 5.74) is 5.16. The van der Waals surface area contributed by atoms with Crippen molar-refractivity contribution in [1.82, 2.24) is 10.2 Å². The first-order chi connectivity index (χ1) is 17.0. The lowest BCUT2D eigenvalue weighted by Crippen LogP contribution is -2.47. The lowest BCUT2D eigenvalue weighted by Gasteiger charge is -2.26. The number of hydrogen-bond donors (Lipinski definition) is 2. The second-order valence-electron chi connectivity index (χ2n) is 8.54. The van der Waals surface area contributed by atoms with Gasteiger partial charge in [-0.2, -0.15) is 0 Å². The first-order valence-corrected chi connectivity index (χ1v) is 11.5. The molecule has 0 spiro atoms. The van der Waals surface area contributed by atoms with Crippen molar-refractivity contribution in [2.45, 2.75) is 25.4 Å². The molecule has 1 saturated heterocycles. The van der Waals surface area contributed by atoms with Crippen molar-refractivity contribution in [3.8, 4) is 11.1 Å². The molecule has 1 fully saturated rings. The predicted molar refractivity (Wildman–Crippen MR) is 135 cm³/mol. The summed E-state index contributed by atoms with van der Waals surface area (Å²) < 4.78 is 0. The lowest BCUT2D eigenvalue weighted by atomic mass is 9.99. The number of carbonyl (C=O) groups is 2. The number of aryl methyl sites for hydroxylation is 1. The van der Waals surface area contributed by atoms with Crippen LogP contribution in [0.1, 0.15) is 33.9 Å². The van der Waals surface area contributed by atoms with Crippen molar-refractivity contribution in [2.24, 2.45) is 5.16 Å². The summed E-state index contributed by atoms with van der Waals surface area (Å²) in [6.45, 7) is 1.99. The van der Waals surface area contributed by atoms with Gasteiger partial charge in [0, 0.05) is 12.0 Å². The quantitative estimate of drug-likeness (QED) is 0.514. The second kappa shape index (κ2) is 11.0. The summed E-state index contributed by atoms with van der Waals surface area (Å²) in [6, 6.07) is 23.4. The fraction of sp³-hybridized carbons (Fsp3) is 0.250. The fourth-order valence-corrected chi connectivity index (χ4v) is 4.39. The highest BCUT2D eigenvalue weighted by atomic mass is 16.6. The average molecular weight is 472 g/mol. The molecular formula is C28H29N3O4. The molecule has 7 heteroatoms. The molecule has 0 unspecified atom stereocenters. The van der Waals surface area contributed by atoms with Gasteiger partial charge in [0.15, 0.2) is 0 Å². The zero-order chi connectivity index (χ0) is 24.8. The monoisotopic (exact) mass is 471 g/mol. The highest BCUT2D eigenvalue weighted by molar-refractivity contribution is 6.05. The Bertz CT molecular complexity index is 1210. The molecule has 0 bridgehead atoms. The van der Waals surface area contributed by atoms with Crippen molar-refractivity contribution in [3.63, 3.8) is 0 Å². The van der Waals surface area contributed by atoms with Crippen LogP contribution < -0.4 is 5.32 Å². The van der Waals surface area contributed by atoms with Crippen LogP contribution in [0, 0.1) is 6.92 Å². The Kier molecular flexibility index (Phi) is 7.57. The minimum Gasteiger partial charge on any atom is -0.399 e. The molecule has 0 aromatic heterocycles. The number of benzene rings is 3. The van der Waals surface area contributed by atoms with Crippen molar-refractivity contribution >= 4 is 17.5 Å². The number of likely N-dealkylation sites (tertiary alicyclic amines) is 1. The molecule has 0 radical (unpaired) electrons. The first-order valence-electron chi connectivity index (χ1n) is 11.5. The molecule has 35 heavy (non-hydrogen) atoms.